The van der Waals surface area contributed by atoms with E-state index in [0.29, 0.717) is 0 Å². The summed E-state index contributed by atoms with van der Waals surface area (Å²) < 4.78 is 0. The number of aromatic nitrogens is 3. The van der Waals surface area contributed by atoms with E-state index >= 15 is 0 Å². The number of hydrogen-bond acceptors (Lipinski definition) is 3. The molecule has 0 N–H and O–H groups in total. The normalized spacial score (nSPS) is 13.3. The van der Waals surface area contributed by atoms with Crippen molar-refractivity contribution in [1.29, 1.82) is 0 Å². The Hall–Kier alpha value is -4.24. The summed E-state index contributed by atoms with van der Waals surface area (Å²) in [5, 5.41) is 0. The third-order valence-corrected chi connectivity index (χ3v) is 9.82. The van der Waals surface area contributed by atoms with E-state index in [2.05, 4.69) is 126 Å². The van der Waals surface area contributed by atoms with Crippen LogP contribution >= 0.6 is 0 Å². The van der Waals surface area contributed by atoms with Gasteiger partial charge in [0, 0.05) is 33.8 Å². The molecule has 3 aromatic carbocycles. The molecule has 6 rings (SSSR count). The fourth-order valence-electron chi connectivity index (χ4n) is 7.38. The average Bonchev–Trinajstić information content (AvgIpc) is 3.10. The van der Waals surface area contributed by atoms with Gasteiger partial charge in [0.15, 0.2) is 0 Å². The molecule has 1 atom stereocenters. The summed E-state index contributed by atoms with van der Waals surface area (Å²) in [5.41, 5.74) is 5.55. The Kier molecular flexibility index (Phi) is 9.78. The van der Waals surface area contributed by atoms with Crippen molar-refractivity contribution in [2.45, 2.75) is 63.2 Å². The largest absolute Gasteiger partial charge is 3.00 e. The van der Waals surface area contributed by atoms with Crippen molar-refractivity contribution >= 4 is 0 Å². The Balaban J connectivity index is 0.00000433. The van der Waals surface area contributed by atoms with Gasteiger partial charge in [-0.05, 0) is 55.3 Å². The minimum atomic E-state index is -0.728. The molecule has 1 unspecified atom stereocenters. The molecule has 0 saturated carbocycles. The van der Waals surface area contributed by atoms with Gasteiger partial charge < -0.3 is 4.98 Å². The van der Waals surface area contributed by atoms with Gasteiger partial charge in [-0.3, -0.25) is 9.97 Å². The van der Waals surface area contributed by atoms with Gasteiger partial charge in [-0.2, -0.15) is 66.2 Å². The van der Waals surface area contributed by atoms with Gasteiger partial charge in [-0.25, -0.2) is 0 Å². The number of nitrogens with zero attached hydrogens (tertiary/aromatic N) is 3. The number of pyridine rings is 3. The molecule has 0 saturated heterocycles. The van der Waals surface area contributed by atoms with Crippen LogP contribution in [0.2, 0.25) is 0 Å². The van der Waals surface area contributed by atoms with Crippen LogP contribution in [0, 0.1) is 18.2 Å². The molecular weight excluding hydrogens is 751 g/mol. The molecule has 0 fully saturated rings. The van der Waals surface area contributed by atoms with Gasteiger partial charge in [-0.1, -0.05) is 52.0 Å². The van der Waals surface area contributed by atoms with Crippen LogP contribution in [0.3, 0.4) is 0 Å². The molecule has 3 nitrogen and oxygen atoms in total. The minimum absolute atomic E-state index is 0. The second-order valence-corrected chi connectivity index (χ2v) is 13.5. The van der Waals surface area contributed by atoms with Crippen LogP contribution in [0.15, 0.2) is 134 Å². The Morgan fingerprint density at radius 3 is 1.62 bits per heavy atom. The van der Waals surface area contributed by atoms with Crippen molar-refractivity contribution in [2.75, 3.05) is 0 Å². The first-order valence-corrected chi connectivity index (χ1v) is 15.9. The third kappa shape index (κ3) is 5.90. The summed E-state index contributed by atoms with van der Waals surface area (Å²) in [6.45, 7) is 13.6. The van der Waals surface area contributed by atoms with E-state index in [0.717, 1.165) is 45.2 Å². The first-order chi connectivity index (χ1) is 22.1. The van der Waals surface area contributed by atoms with E-state index in [4.69, 9.17) is 15.0 Å². The first kappa shape index (κ1) is 34.1. The van der Waals surface area contributed by atoms with Crippen LogP contribution in [0.25, 0.3) is 11.3 Å². The second-order valence-electron chi connectivity index (χ2n) is 13.5. The quantitative estimate of drug-likeness (QED) is 0.137. The summed E-state index contributed by atoms with van der Waals surface area (Å²) in [4.78, 5) is 15.8. The summed E-state index contributed by atoms with van der Waals surface area (Å²) in [6.07, 6.45) is 1.88. The summed E-state index contributed by atoms with van der Waals surface area (Å²) >= 11 is 0. The monoisotopic (exact) mass is 791 g/mol. The predicted molar refractivity (Wildman–Crippen MR) is 186 cm³/mol. The molecule has 3 aromatic heterocycles. The maximum Gasteiger partial charge on any atom is 3.00 e. The molecular formula is C43H40IrN3. The van der Waals surface area contributed by atoms with Crippen LogP contribution in [0.1, 0.15) is 75.4 Å². The molecule has 0 amide bonds. The van der Waals surface area contributed by atoms with E-state index in [1.807, 2.05) is 66.9 Å². The van der Waals surface area contributed by atoms with Crippen molar-refractivity contribution in [1.82, 2.24) is 15.0 Å². The fourth-order valence-corrected chi connectivity index (χ4v) is 7.38. The van der Waals surface area contributed by atoms with E-state index in [1.165, 1.54) is 0 Å². The zero-order chi connectivity index (χ0) is 32.4. The van der Waals surface area contributed by atoms with Gasteiger partial charge in [0.25, 0.3) is 0 Å². The molecule has 0 bridgehead atoms. The average molecular weight is 791 g/mol. The van der Waals surface area contributed by atoms with E-state index in [1.54, 1.807) is 0 Å². The van der Waals surface area contributed by atoms with Crippen molar-refractivity contribution in [3.8, 4) is 11.3 Å². The third-order valence-electron chi connectivity index (χ3n) is 9.82. The maximum absolute atomic E-state index is 5.65. The molecule has 3 heterocycles. The van der Waals surface area contributed by atoms with E-state index in [9.17, 15) is 0 Å². The van der Waals surface area contributed by atoms with E-state index in [-0.39, 0.29) is 20.1 Å². The van der Waals surface area contributed by atoms with E-state index < -0.39 is 21.7 Å². The zero-order valence-electron chi connectivity index (χ0n) is 27.9. The fraction of sp³-hybridized carbons (Fsp3) is 0.233. The predicted octanol–water partition coefficient (Wildman–Crippen LogP) is 9.50. The molecule has 47 heavy (non-hydrogen) atoms. The van der Waals surface area contributed by atoms with Crippen LogP contribution in [-0.4, -0.2) is 15.0 Å². The van der Waals surface area contributed by atoms with Gasteiger partial charge in [0.1, 0.15) is 0 Å². The molecule has 0 aliphatic carbocycles. The van der Waals surface area contributed by atoms with Crippen molar-refractivity contribution in [3.63, 3.8) is 0 Å². The Labute approximate surface area is 294 Å². The molecule has 0 aliphatic rings. The summed E-state index contributed by atoms with van der Waals surface area (Å²) in [7, 11) is 0. The molecule has 0 aliphatic heterocycles. The van der Waals surface area contributed by atoms with Crippen molar-refractivity contribution in [2.24, 2.45) is 0 Å². The standard InChI is InChI=1S/C43H40N3.Ir/c1-40(2,36-28-18-26-35(45-36)32-20-10-7-11-21-32)37-29-19-30-39(46-37)43(34-24-14-9-15-25-34,41(3,4)33-22-12-8-13-23-33)42(5,6)38-27-16-17-31-44-38;/h7-20,22,24,26-31H,1-6H3;/q-3;+3. The van der Waals surface area contributed by atoms with Crippen LogP contribution in [0.5, 0.6) is 0 Å². The SMILES string of the molecule is CC(C)(c1cccc(-c2[c-]cccc2)n1)c1cccc(C(c2[c-]cccc2)(C(C)(C)c2[c-]cccc2)C(C)(C)c2ccccn2)n1.[Ir+3]. The van der Waals surface area contributed by atoms with Crippen molar-refractivity contribution < 1.29 is 20.1 Å². The van der Waals surface area contributed by atoms with Crippen LogP contribution in [-0.2, 0) is 41.8 Å². The molecule has 0 spiro atoms. The summed E-state index contributed by atoms with van der Waals surface area (Å²) in [6, 6.07) is 54.0. The Bertz CT molecular complexity index is 1850. The van der Waals surface area contributed by atoms with Crippen LogP contribution < -0.4 is 0 Å². The zero-order valence-corrected chi connectivity index (χ0v) is 30.3. The minimum Gasteiger partial charge on any atom is -0.300 e. The summed E-state index contributed by atoms with van der Waals surface area (Å²) in [5.74, 6) is 0. The van der Waals surface area contributed by atoms with Gasteiger partial charge in [0.2, 0.25) is 0 Å². The topological polar surface area (TPSA) is 38.7 Å². The number of benzene rings is 3. The van der Waals surface area contributed by atoms with Gasteiger partial charge >= 0.3 is 20.1 Å². The smallest absolute Gasteiger partial charge is 0.300 e. The first-order valence-electron chi connectivity index (χ1n) is 15.9. The van der Waals surface area contributed by atoms with Crippen LogP contribution in [0.4, 0.5) is 0 Å². The Morgan fingerprint density at radius 2 is 1.02 bits per heavy atom. The second kappa shape index (κ2) is 13.5. The number of hydrogen-bond donors (Lipinski definition) is 0. The molecule has 236 valence electrons. The molecule has 6 aromatic rings. The van der Waals surface area contributed by atoms with Crippen molar-refractivity contribution in [3.05, 3.63) is 186 Å². The number of rotatable bonds is 9. The van der Waals surface area contributed by atoms with Gasteiger partial charge in [-0.15, -0.1) is 41.5 Å². The van der Waals surface area contributed by atoms with Gasteiger partial charge in [0.05, 0.1) is 11.4 Å². The Morgan fingerprint density at radius 1 is 0.468 bits per heavy atom. The maximum atomic E-state index is 5.65. The molecule has 4 heteroatoms. The molecule has 0 radical (unpaired) electrons.